The van der Waals surface area contributed by atoms with Gasteiger partial charge in [0.05, 0.1) is 20.9 Å². The van der Waals surface area contributed by atoms with Crippen LogP contribution in [-0.4, -0.2) is 31.2 Å². The van der Waals surface area contributed by atoms with E-state index in [0.29, 0.717) is 0 Å². The summed E-state index contributed by atoms with van der Waals surface area (Å²) in [7, 11) is 0. The van der Waals surface area contributed by atoms with Crippen molar-refractivity contribution in [2.45, 2.75) is 0 Å². The van der Waals surface area contributed by atoms with Gasteiger partial charge in [-0.05, 0) is 30.3 Å². The number of para-hydroxylation sites is 1. The number of thiazole rings is 1. The van der Waals surface area contributed by atoms with Gasteiger partial charge in [-0.25, -0.2) is 9.37 Å². The molecule has 23 heavy (non-hydrogen) atoms. The highest BCUT2D eigenvalue weighted by molar-refractivity contribution is 7.22. The van der Waals surface area contributed by atoms with E-state index in [9.17, 15) is 4.39 Å². The fourth-order valence-electron chi connectivity index (χ4n) is 2.87. The minimum atomic E-state index is -0.212. The molecule has 0 unspecified atom stereocenters. The predicted octanol–water partition coefficient (Wildman–Crippen LogP) is 4.42. The van der Waals surface area contributed by atoms with Crippen molar-refractivity contribution in [3.8, 4) is 0 Å². The highest BCUT2D eigenvalue weighted by atomic mass is 35.5. The van der Waals surface area contributed by atoms with E-state index in [1.807, 2.05) is 18.2 Å². The van der Waals surface area contributed by atoms with Gasteiger partial charge in [0, 0.05) is 26.2 Å². The van der Waals surface area contributed by atoms with Gasteiger partial charge in [-0.1, -0.05) is 35.1 Å². The topological polar surface area (TPSA) is 19.4 Å². The van der Waals surface area contributed by atoms with E-state index >= 15 is 0 Å². The van der Waals surface area contributed by atoms with E-state index in [-0.39, 0.29) is 5.82 Å². The van der Waals surface area contributed by atoms with Crippen LogP contribution < -0.4 is 9.80 Å². The number of hydrogen-bond donors (Lipinski definition) is 0. The van der Waals surface area contributed by atoms with Crippen LogP contribution in [-0.2, 0) is 0 Å². The van der Waals surface area contributed by atoms with Crippen molar-refractivity contribution in [2.75, 3.05) is 36.0 Å². The molecule has 0 radical (unpaired) electrons. The SMILES string of the molecule is Fc1ccc2nc(N3CCN(c4ccccc4Cl)CC3)sc2c1. The zero-order valence-corrected chi connectivity index (χ0v) is 13.9. The Morgan fingerprint density at radius 2 is 1.74 bits per heavy atom. The lowest BCUT2D eigenvalue weighted by atomic mass is 10.2. The quantitative estimate of drug-likeness (QED) is 0.684. The van der Waals surface area contributed by atoms with Crippen molar-refractivity contribution < 1.29 is 4.39 Å². The first kappa shape index (κ1) is 14.7. The van der Waals surface area contributed by atoms with Gasteiger partial charge < -0.3 is 9.80 Å². The van der Waals surface area contributed by atoms with Crippen molar-refractivity contribution in [1.29, 1.82) is 0 Å². The van der Waals surface area contributed by atoms with Crippen LogP contribution in [0.25, 0.3) is 10.2 Å². The molecule has 0 atom stereocenters. The second-order valence-corrected chi connectivity index (χ2v) is 6.95. The predicted molar refractivity (Wildman–Crippen MR) is 95.5 cm³/mol. The summed E-state index contributed by atoms with van der Waals surface area (Å²) >= 11 is 7.83. The number of nitrogens with zero attached hydrogens (tertiary/aromatic N) is 3. The Balaban J connectivity index is 1.51. The molecule has 3 aromatic rings. The molecular weight excluding hydrogens is 333 g/mol. The summed E-state index contributed by atoms with van der Waals surface area (Å²) in [6.07, 6.45) is 0. The number of anilines is 2. The van der Waals surface area contributed by atoms with E-state index in [2.05, 4.69) is 20.9 Å². The number of hydrogen-bond acceptors (Lipinski definition) is 4. The van der Waals surface area contributed by atoms with Crippen LogP contribution in [0.3, 0.4) is 0 Å². The van der Waals surface area contributed by atoms with E-state index in [1.54, 1.807) is 23.5 Å². The first-order valence-electron chi connectivity index (χ1n) is 7.51. The van der Waals surface area contributed by atoms with Gasteiger partial charge in [0.2, 0.25) is 0 Å². The molecule has 0 N–H and O–H groups in total. The zero-order valence-electron chi connectivity index (χ0n) is 12.4. The summed E-state index contributed by atoms with van der Waals surface area (Å²) in [4.78, 5) is 9.18. The maximum absolute atomic E-state index is 13.3. The highest BCUT2D eigenvalue weighted by Gasteiger charge is 2.21. The summed E-state index contributed by atoms with van der Waals surface area (Å²) in [6, 6.07) is 12.7. The number of piperazine rings is 1. The third-order valence-corrected chi connectivity index (χ3v) is 5.48. The Labute approximate surface area is 142 Å². The van der Waals surface area contributed by atoms with Crippen molar-refractivity contribution in [2.24, 2.45) is 0 Å². The number of aromatic nitrogens is 1. The lowest BCUT2D eigenvalue weighted by Gasteiger charge is -2.36. The number of fused-ring (bicyclic) bond motifs is 1. The normalized spacial score (nSPS) is 15.4. The lowest BCUT2D eigenvalue weighted by molar-refractivity contribution is 0.630. The number of benzene rings is 2. The minimum Gasteiger partial charge on any atom is -0.367 e. The Morgan fingerprint density at radius 3 is 2.52 bits per heavy atom. The van der Waals surface area contributed by atoms with Crippen LogP contribution in [0.5, 0.6) is 0 Å². The molecule has 4 rings (SSSR count). The molecule has 1 saturated heterocycles. The van der Waals surface area contributed by atoms with E-state index in [1.165, 1.54) is 6.07 Å². The Morgan fingerprint density at radius 1 is 1.00 bits per heavy atom. The third-order valence-electron chi connectivity index (χ3n) is 4.08. The average molecular weight is 348 g/mol. The highest BCUT2D eigenvalue weighted by Crippen LogP contribution is 2.31. The van der Waals surface area contributed by atoms with Gasteiger partial charge in [0.15, 0.2) is 5.13 Å². The molecule has 0 bridgehead atoms. The van der Waals surface area contributed by atoms with Crippen LogP contribution in [0.15, 0.2) is 42.5 Å². The average Bonchev–Trinajstić information content (AvgIpc) is 2.98. The molecule has 2 aromatic carbocycles. The summed E-state index contributed by atoms with van der Waals surface area (Å²) < 4.78 is 14.2. The summed E-state index contributed by atoms with van der Waals surface area (Å²) in [6.45, 7) is 3.56. The minimum absolute atomic E-state index is 0.212. The molecule has 1 aliphatic heterocycles. The monoisotopic (exact) mass is 347 g/mol. The molecule has 1 aliphatic rings. The zero-order chi connectivity index (χ0) is 15.8. The van der Waals surface area contributed by atoms with E-state index < -0.39 is 0 Å². The largest absolute Gasteiger partial charge is 0.367 e. The fourth-order valence-corrected chi connectivity index (χ4v) is 4.17. The van der Waals surface area contributed by atoms with Gasteiger partial charge in [0.1, 0.15) is 5.82 Å². The van der Waals surface area contributed by atoms with Gasteiger partial charge in [-0.2, -0.15) is 0 Å². The van der Waals surface area contributed by atoms with Crippen LogP contribution in [0.4, 0.5) is 15.2 Å². The first-order valence-corrected chi connectivity index (χ1v) is 8.71. The van der Waals surface area contributed by atoms with Gasteiger partial charge in [-0.3, -0.25) is 0 Å². The fraction of sp³-hybridized carbons (Fsp3) is 0.235. The van der Waals surface area contributed by atoms with Crippen molar-refractivity contribution in [1.82, 2.24) is 4.98 Å². The molecule has 118 valence electrons. The van der Waals surface area contributed by atoms with Gasteiger partial charge in [0.25, 0.3) is 0 Å². The van der Waals surface area contributed by atoms with Crippen LogP contribution in [0, 0.1) is 5.82 Å². The van der Waals surface area contributed by atoms with E-state index in [0.717, 1.165) is 52.2 Å². The summed E-state index contributed by atoms with van der Waals surface area (Å²) in [5.41, 5.74) is 1.94. The molecular formula is C17H15ClFN3S. The number of halogens is 2. The Kier molecular flexibility index (Phi) is 3.83. The molecule has 6 heteroatoms. The molecule has 2 heterocycles. The lowest BCUT2D eigenvalue weighted by Crippen LogP contribution is -2.46. The third kappa shape index (κ3) is 2.86. The second-order valence-electron chi connectivity index (χ2n) is 5.53. The molecule has 1 fully saturated rings. The standard InChI is InChI=1S/C17H15ClFN3S/c18-13-3-1-2-4-15(13)21-7-9-22(10-8-21)17-20-14-6-5-12(19)11-16(14)23-17/h1-6,11H,7-10H2. The van der Waals surface area contributed by atoms with Crippen LogP contribution in [0.1, 0.15) is 0 Å². The van der Waals surface area contributed by atoms with Crippen molar-refractivity contribution in [3.05, 3.63) is 53.3 Å². The smallest absolute Gasteiger partial charge is 0.186 e. The first-order chi connectivity index (χ1) is 11.2. The molecule has 0 amide bonds. The summed E-state index contributed by atoms with van der Waals surface area (Å²) in [5.74, 6) is -0.212. The maximum atomic E-state index is 13.3. The maximum Gasteiger partial charge on any atom is 0.186 e. The second kappa shape index (κ2) is 5.98. The molecule has 1 aromatic heterocycles. The van der Waals surface area contributed by atoms with Gasteiger partial charge >= 0.3 is 0 Å². The van der Waals surface area contributed by atoms with Crippen LogP contribution in [0.2, 0.25) is 5.02 Å². The number of rotatable bonds is 2. The van der Waals surface area contributed by atoms with Gasteiger partial charge in [-0.15, -0.1) is 0 Å². The van der Waals surface area contributed by atoms with Crippen molar-refractivity contribution in [3.63, 3.8) is 0 Å². The van der Waals surface area contributed by atoms with E-state index in [4.69, 9.17) is 11.6 Å². The molecule has 3 nitrogen and oxygen atoms in total. The Hall–Kier alpha value is -1.85. The molecule has 0 aliphatic carbocycles. The van der Waals surface area contributed by atoms with Crippen LogP contribution >= 0.6 is 22.9 Å². The molecule has 0 spiro atoms. The summed E-state index contributed by atoms with van der Waals surface area (Å²) in [5, 5.41) is 1.75. The molecule has 0 saturated carbocycles. The van der Waals surface area contributed by atoms with Crippen molar-refractivity contribution >= 4 is 44.0 Å². The Bertz CT molecular complexity index is 843.